The van der Waals surface area contributed by atoms with Gasteiger partial charge in [-0.3, -0.25) is 9.89 Å². The van der Waals surface area contributed by atoms with Crippen LogP contribution in [0.2, 0.25) is 0 Å². The molecule has 3 N–H and O–H groups in total. The van der Waals surface area contributed by atoms with Gasteiger partial charge in [-0.2, -0.15) is 0 Å². The number of guanidine groups is 1. The Kier molecular flexibility index (Phi) is 6.86. The first-order valence-corrected chi connectivity index (χ1v) is 8.67. The van der Waals surface area contributed by atoms with Gasteiger partial charge in [-0.1, -0.05) is 19.1 Å². The quantitative estimate of drug-likeness (QED) is 0.402. The molecule has 1 saturated carbocycles. The molecule has 1 saturated heterocycles. The standard InChI is InChI=1S/C18H27FN4.HI/c1-2-23-11-3-4-16(23)12-21-17(20)22-13-18(9-10-18)14-5-7-15(19)8-6-14;/h5-8,16H,2-4,9-13H2,1H3,(H3,20,21,22);1H. The van der Waals surface area contributed by atoms with Gasteiger partial charge < -0.3 is 11.1 Å². The summed E-state index contributed by atoms with van der Waals surface area (Å²) in [5.41, 5.74) is 7.28. The van der Waals surface area contributed by atoms with Gasteiger partial charge in [-0.15, -0.1) is 24.0 Å². The van der Waals surface area contributed by atoms with E-state index in [1.807, 2.05) is 12.1 Å². The molecule has 1 aromatic rings. The van der Waals surface area contributed by atoms with Crippen molar-refractivity contribution >= 4 is 29.9 Å². The summed E-state index contributed by atoms with van der Waals surface area (Å²) in [7, 11) is 0. The Morgan fingerprint density at radius 2 is 2.08 bits per heavy atom. The van der Waals surface area contributed by atoms with Crippen molar-refractivity contribution in [1.82, 2.24) is 10.2 Å². The molecule has 0 radical (unpaired) electrons. The highest BCUT2D eigenvalue weighted by Gasteiger charge is 2.44. The van der Waals surface area contributed by atoms with Gasteiger partial charge in [0.1, 0.15) is 5.82 Å². The normalized spacial score (nSPS) is 22.9. The van der Waals surface area contributed by atoms with Gasteiger partial charge in [-0.25, -0.2) is 4.39 Å². The second-order valence-electron chi connectivity index (χ2n) is 6.79. The van der Waals surface area contributed by atoms with Crippen molar-refractivity contribution in [1.29, 1.82) is 0 Å². The zero-order chi connectivity index (χ0) is 16.3. The number of hydrogen-bond acceptors (Lipinski definition) is 2. The topological polar surface area (TPSA) is 53.6 Å². The summed E-state index contributed by atoms with van der Waals surface area (Å²) in [6.45, 7) is 6.03. The van der Waals surface area contributed by atoms with Crippen molar-refractivity contribution in [3.05, 3.63) is 35.6 Å². The van der Waals surface area contributed by atoms with E-state index in [0.29, 0.717) is 18.5 Å². The Balaban J connectivity index is 0.00000208. The van der Waals surface area contributed by atoms with Gasteiger partial charge in [-0.05, 0) is 56.5 Å². The SMILES string of the molecule is CCN1CCCC1CNC(N)=NCC1(c2ccc(F)cc2)CC1.I. The highest BCUT2D eigenvalue weighted by atomic mass is 127. The number of likely N-dealkylation sites (N-methyl/N-ethyl adjacent to an activating group) is 1. The minimum atomic E-state index is -0.189. The van der Waals surface area contributed by atoms with Gasteiger partial charge in [0.15, 0.2) is 5.96 Å². The van der Waals surface area contributed by atoms with Crippen LogP contribution in [0.4, 0.5) is 4.39 Å². The molecular weight excluding hydrogens is 418 g/mol. The number of aliphatic imine (C=N–C) groups is 1. The number of nitrogens with one attached hydrogen (secondary N) is 1. The molecule has 0 aromatic heterocycles. The van der Waals surface area contributed by atoms with Crippen LogP contribution in [0.3, 0.4) is 0 Å². The van der Waals surface area contributed by atoms with E-state index in [-0.39, 0.29) is 35.2 Å². The molecule has 1 heterocycles. The summed E-state index contributed by atoms with van der Waals surface area (Å²) < 4.78 is 13.1. The Labute approximate surface area is 161 Å². The van der Waals surface area contributed by atoms with Crippen LogP contribution in [-0.2, 0) is 5.41 Å². The molecule has 2 fully saturated rings. The highest BCUT2D eigenvalue weighted by molar-refractivity contribution is 14.0. The second kappa shape index (κ2) is 8.47. The summed E-state index contributed by atoms with van der Waals surface area (Å²) in [5, 5.41) is 3.28. The third-order valence-electron chi connectivity index (χ3n) is 5.29. The van der Waals surface area contributed by atoms with Crippen molar-refractivity contribution in [3.8, 4) is 0 Å². The van der Waals surface area contributed by atoms with Crippen molar-refractivity contribution < 1.29 is 4.39 Å². The zero-order valence-electron chi connectivity index (χ0n) is 14.3. The lowest BCUT2D eigenvalue weighted by Crippen LogP contribution is -2.43. The van der Waals surface area contributed by atoms with Crippen molar-refractivity contribution in [3.63, 3.8) is 0 Å². The molecule has 1 aliphatic carbocycles. The minimum Gasteiger partial charge on any atom is -0.370 e. The highest BCUT2D eigenvalue weighted by Crippen LogP contribution is 2.48. The van der Waals surface area contributed by atoms with Crippen molar-refractivity contribution in [2.75, 3.05) is 26.2 Å². The zero-order valence-corrected chi connectivity index (χ0v) is 16.6. The molecule has 0 spiro atoms. The van der Waals surface area contributed by atoms with Crippen molar-refractivity contribution in [2.45, 2.75) is 44.1 Å². The summed E-state index contributed by atoms with van der Waals surface area (Å²) in [5.74, 6) is 0.340. The van der Waals surface area contributed by atoms with E-state index in [1.54, 1.807) is 0 Å². The number of nitrogens with zero attached hydrogens (tertiary/aromatic N) is 2. The number of nitrogens with two attached hydrogens (primary N) is 1. The largest absolute Gasteiger partial charge is 0.370 e. The van der Waals surface area contributed by atoms with Crippen LogP contribution >= 0.6 is 24.0 Å². The van der Waals surface area contributed by atoms with Crippen LogP contribution in [0, 0.1) is 5.82 Å². The molecule has 3 rings (SSSR count). The third-order valence-corrected chi connectivity index (χ3v) is 5.29. The number of hydrogen-bond donors (Lipinski definition) is 2. The van der Waals surface area contributed by atoms with Crippen LogP contribution in [0.25, 0.3) is 0 Å². The monoisotopic (exact) mass is 446 g/mol. The second-order valence-corrected chi connectivity index (χ2v) is 6.79. The summed E-state index contributed by atoms with van der Waals surface area (Å²) >= 11 is 0. The maximum atomic E-state index is 13.1. The number of rotatable bonds is 6. The molecule has 0 amide bonds. The molecule has 1 atom stereocenters. The van der Waals surface area contributed by atoms with Gasteiger partial charge in [0.25, 0.3) is 0 Å². The van der Waals surface area contributed by atoms with Gasteiger partial charge in [0.2, 0.25) is 0 Å². The molecule has 1 aliphatic heterocycles. The van der Waals surface area contributed by atoms with E-state index in [2.05, 4.69) is 22.1 Å². The third kappa shape index (κ3) is 4.59. The smallest absolute Gasteiger partial charge is 0.188 e. The first-order valence-electron chi connectivity index (χ1n) is 8.67. The summed E-state index contributed by atoms with van der Waals surface area (Å²) in [6, 6.07) is 7.37. The number of likely N-dealkylation sites (tertiary alicyclic amines) is 1. The molecule has 1 aromatic carbocycles. The predicted octanol–water partition coefficient (Wildman–Crippen LogP) is 2.86. The number of halogens is 2. The van der Waals surface area contributed by atoms with Crippen LogP contribution < -0.4 is 11.1 Å². The van der Waals surface area contributed by atoms with Crippen LogP contribution in [0.1, 0.15) is 38.2 Å². The minimum absolute atomic E-state index is 0. The molecule has 4 nitrogen and oxygen atoms in total. The van der Waals surface area contributed by atoms with E-state index < -0.39 is 0 Å². The predicted molar refractivity (Wildman–Crippen MR) is 107 cm³/mol. The van der Waals surface area contributed by atoms with Crippen molar-refractivity contribution in [2.24, 2.45) is 10.7 Å². The Hall–Kier alpha value is -0.890. The maximum Gasteiger partial charge on any atom is 0.188 e. The molecular formula is C18H28FIN4. The summed E-state index contributed by atoms with van der Waals surface area (Å²) in [4.78, 5) is 7.03. The fourth-order valence-electron chi connectivity index (χ4n) is 3.55. The molecule has 134 valence electrons. The fraction of sp³-hybridized carbons (Fsp3) is 0.611. The first-order chi connectivity index (χ1) is 11.1. The average Bonchev–Trinajstić information content (AvgIpc) is 3.21. The average molecular weight is 446 g/mol. The van der Waals surface area contributed by atoms with E-state index in [0.717, 1.165) is 25.9 Å². The van der Waals surface area contributed by atoms with Crippen LogP contribution in [0.5, 0.6) is 0 Å². The Morgan fingerprint density at radius 3 is 2.71 bits per heavy atom. The molecule has 1 unspecified atom stereocenters. The lowest BCUT2D eigenvalue weighted by Gasteiger charge is -2.23. The van der Waals surface area contributed by atoms with Crippen LogP contribution in [-0.4, -0.2) is 43.1 Å². The van der Waals surface area contributed by atoms with Gasteiger partial charge in [0, 0.05) is 18.0 Å². The van der Waals surface area contributed by atoms with Gasteiger partial charge in [0.05, 0.1) is 6.54 Å². The van der Waals surface area contributed by atoms with E-state index in [1.165, 1.54) is 37.1 Å². The molecule has 0 bridgehead atoms. The lowest BCUT2D eigenvalue weighted by atomic mass is 9.96. The molecule has 2 aliphatic rings. The fourth-order valence-corrected chi connectivity index (χ4v) is 3.55. The van der Waals surface area contributed by atoms with E-state index in [9.17, 15) is 4.39 Å². The lowest BCUT2D eigenvalue weighted by molar-refractivity contribution is 0.267. The Bertz CT molecular complexity index is 557. The molecule has 6 heteroatoms. The first kappa shape index (κ1) is 19.4. The van der Waals surface area contributed by atoms with E-state index >= 15 is 0 Å². The maximum absolute atomic E-state index is 13.1. The molecule has 24 heavy (non-hydrogen) atoms. The number of benzene rings is 1. The van der Waals surface area contributed by atoms with E-state index in [4.69, 9.17) is 5.73 Å². The summed E-state index contributed by atoms with van der Waals surface area (Å²) in [6.07, 6.45) is 4.70. The van der Waals surface area contributed by atoms with Gasteiger partial charge >= 0.3 is 0 Å². The van der Waals surface area contributed by atoms with Crippen LogP contribution in [0.15, 0.2) is 29.3 Å². The Morgan fingerprint density at radius 1 is 1.38 bits per heavy atom.